The molecule has 27 heavy (non-hydrogen) atoms. The van der Waals surface area contributed by atoms with E-state index in [0.29, 0.717) is 17.1 Å². The Kier molecular flexibility index (Phi) is 6.21. The van der Waals surface area contributed by atoms with Crippen LogP contribution in [0.15, 0.2) is 54.6 Å². The summed E-state index contributed by atoms with van der Waals surface area (Å²) >= 11 is 0. The van der Waals surface area contributed by atoms with Crippen LogP contribution in [-0.4, -0.2) is 11.9 Å². The molecule has 0 saturated carbocycles. The molecule has 0 spiro atoms. The van der Waals surface area contributed by atoms with E-state index in [-0.39, 0.29) is 5.97 Å². The fraction of sp³-hybridized carbons (Fsp3) is 0.304. The number of carbonyl (C=O) groups excluding carboxylic acids is 2. The number of esters is 2. The summed E-state index contributed by atoms with van der Waals surface area (Å²) in [5.41, 5.74) is 2.74. The molecule has 0 fully saturated rings. The predicted molar refractivity (Wildman–Crippen MR) is 107 cm³/mol. The zero-order chi connectivity index (χ0) is 20.2. The number of hydrogen-bond donors (Lipinski definition) is 0. The monoisotopic (exact) mass is 366 g/mol. The smallest absolute Gasteiger partial charge is 0.338 e. The average molecular weight is 366 g/mol. The average Bonchev–Trinajstić information content (AvgIpc) is 2.61. The Balaban J connectivity index is 2.23. The van der Waals surface area contributed by atoms with Crippen LogP contribution in [0.2, 0.25) is 0 Å². The van der Waals surface area contributed by atoms with Gasteiger partial charge in [0.15, 0.2) is 0 Å². The van der Waals surface area contributed by atoms with Crippen LogP contribution in [0.5, 0.6) is 11.5 Å². The van der Waals surface area contributed by atoms with Gasteiger partial charge in [-0.2, -0.15) is 0 Å². The third kappa shape index (κ3) is 5.30. The first kappa shape index (κ1) is 20.4. The van der Waals surface area contributed by atoms with Crippen LogP contribution < -0.4 is 9.47 Å². The van der Waals surface area contributed by atoms with Gasteiger partial charge in [-0.1, -0.05) is 31.7 Å². The minimum atomic E-state index is -0.555. The van der Waals surface area contributed by atoms with Crippen LogP contribution in [0.3, 0.4) is 0 Å². The SMILES string of the molecule is C=C(C)C(=O)Oc1ccc(-c2ccc(OC(=O)C(C)(C)C)c(CC)c2)cc1. The first-order chi connectivity index (χ1) is 12.6. The van der Waals surface area contributed by atoms with Crippen LogP contribution in [0, 0.1) is 5.41 Å². The van der Waals surface area contributed by atoms with E-state index in [0.717, 1.165) is 23.1 Å². The van der Waals surface area contributed by atoms with Gasteiger partial charge in [-0.05, 0) is 75.1 Å². The van der Waals surface area contributed by atoms with Gasteiger partial charge >= 0.3 is 11.9 Å². The van der Waals surface area contributed by atoms with Gasteiger partial charge in [0, 0.05) is 5.57 Å². The third-order valence-electron chi connectivity index (χ3n) is 4.00. The summed E-state index contributed by atoms with van der Waals surface area (Å²) < 4.78 is 10.8. The van der Waals surface area contributed by atoms with Crippen molar-refractivity contribution in [1.29, 1.82) is 0 Å². The summed E-state index contributed by atoms with van der Waals surface area (Å²) in [5, 5.41) is 0. The highest BCUT2D eigenvalue weighted by Crippen LogP contribution is 2.30. The molecule has 0 heterocycles. The number of hydrogen-bond acceptors (Lipinski definition) is 4. The molecular weight excluding hydrogens is 340 g/mol. The lowest BCUT2D eigenvalue weighted by Gasteiger charge is -2.18. The van der Waals surface area contributed by atoms with Crippen molar-refractivity contribution in [3.8, 4) is 22.6 Å². The van der Waals surface area contributed by atoms with E-state index in [2.05, 4.69) is 6.58 Å². The van der Waals surface area contributed by atoms with Crippen molar-refractivity contribution < 1.29 is 19.1 Å². The first-order valence-electron chi connectivity index (χ1n) is 8.95. The van der Waals surface area contributed by atoms with Crippen molar-refractivity contribution in [2.75, 3.05) is 0 Å². The molecule has 0 radical (unpaired) electrons. The molecule has 2 aromatic carbocycles. The van der Waals surface area contributed by atoms with Crippen LogP contribution in [0.4, 0.5) is 0 Å². The molecule has 0 aromatic heterocycles. The maximum atomic E-state index is 12.2. The van der Waals surface area contributed by atoms with E-state index >= 15 is 0 Å². The van der Waals surface area contributed by atoms with Crippen LogP contribution in [0.1, 0.15) is 40.2 Å². The molecule has 2 rings (SSSR count). The molecule has 0 amide bonds. The largest absolute Gasteiger partial charge is 0.426 e. The third-order valence-corrected chi connectivity index (χ3v) is 4.00. The number of benzene rings is 2. The van der Waals surface area contributed by atoms with E-state index < -0.39 is 11.4 Å². The number of rotatable bonds is 5. The number of aryl methyl sites for hydroxylation is 1. The Morgan fingerprint density at radius 3 is 2.07 bits per heavy atom. The molecule has 0 N–H and O–H groups in total. The van der Waals surface area contributed by atoms with Gasteiger partial charge in [-0.3, -0.25) is 4.79 Å². The molecule has 0 atom stereocenters. The minimum absolute atomic E-state index is 0.256. The molecule has 0 bridgehead atoms. The van der Waals surface area contributed by atoms with Gasteiger partial charge in [0.05, 0.1) is 5.41 Å². The normalized spacial score (nSPS) is 11.0. The van der Waals surface area contributed by atoms with Crippen molar-refractivity contribution >= 4 is 11.9 Å². The maximum Gasteiger partial charge on any atom is 0.338 e. The molecule has 0 aliphatic heterocycles. The fourth-order valence-corrected chi connectivity index (χ4v) is 2.30. The van der Waals surface area contributed by atoms with Gasteiger partial charge < -0.3 is 9.47 Å². The highest BCUT2D eigenvalue weighted by Gasteiger charge is 2.24. The molecule has 0 saturated heterocycles. The lowest BCUT2D eigenvalue weighted by atomic mass is 9.97. The van der Waals surface area contributed by atoms with Crippen LogP contribution >= 0.6 is 0 Å². The molecular formula is C23H26O4. The Hall–Kier alpha value is -2.88. The quantitative estimate of drug-likeness (QED) is 0.407. The standard InChI is InChI=1S/C23H26O4/c1-7-16-14-18(10-13-20(16)27-22(25)23(4,5)6)17-8-11-19(12-9-17)26-21(24)15(2)3/h8-14H,2,7H2,1,3-6H3. The molecule has 142 valence electrons. The summed E-state index contributed by atoms with van der Waals surface area (Å²) in [6.07, 6.45) is 0.745. The highest BCUT2D eigenvalue weighted by molar-refractivity contribution is 5.88. The van der Waals surface area contributed by atoms with Gasteiger partial charge in [0.1, 0.15) is 11.5 Å². The lowest BCUT2D eigenvalue weighted by Crippen LogP contribution is -2.25. The Labute approximate surface area is 160 Å². The van der Waals surface area contributed by atoms with E-state index in [1.54, 1.807) is 19.1 Å². The molecule has 0 aliphatic carbocycles. The summed E-state index contributed by atoms with van der Waals surface area (Å²) in [6, 6.07) is 13.0. The van der Waals surface area contributed by atoms with Gasteiger partial charge in [0.2, 0.25) is 0 Å². The first-order valence-corrected chi connectivity index (χ1v) is 8.95. The second-order valence-corrected chi connectivity index (χ2v) is 7.51. The summed E-state index contributed by atoms with van der Waals surface area (Å²) in [5.74, 6) is 0.362. The molecule has 0 aliphatic rings. The van der Waals surface area contributed by atoms with E-state index in [4.69, 9.17) is 9.47 Å². The van der Waals surface area contributed by atoms with E-state index in [1.165, 1.54) is 0 Å². The summed E-state index contributed by atoms with van der Waals surface area (Å²) in [7, 11) is 0. The summed E-state index contributed by atoms with van der Waals surface area (Å²) in [4.78, 5) is 23.7. The fourth-order valence-electron chi connectivity index (χ4n) is 2.30. The Morgan fingerprint density at radius 1 is 0.963 bits per heavy atom. The molecule has 4 heteroatoms. The van der Waals surface area contributed by atoms with Crippen molar-refractivity contribution in [2.45, 2.75) is 41.0 Å². The van der Waals surface area contributed by atoms with Crippen molar-refractivity contribution in [3.05, 3.63) is 60.2 Å². The van der Waals surface area contributed by atoms with E-state index in [1.807, 2.05) is 58.0 Å². The van der Waals surface area contributed by atoms with Gasteiger partial charge in [0.25, 0.3) is 0 Å². The molecule has 4 nitrogen and oxygen atoms in total. The van der Waals surface area contributed by atoms with Crippen LogP contribution in [0.25, 0.3) is 11.1 Å². The van der Waals surface area contributed by atoms with Crippen molar-refractivity contribution in [1.82, 2.24) is 0 Å². The lowest BCUT2D eigenvalue weighted by molar-refractivity contribution is -0.143. The minimum Gasteiger partial charge on any atom is -0.426 e. The maximum absolute atomic E-state index is 12.2. The van der Waals surface area contributed by atoms with Crippen molar-refractivity contribution in [2.24, 2.45) is 5.41 Å². The number of ether oxygens (including phenoxy) is 2. The zero-order valence-corrected chi connectivity index (χ0v) is 16.6. The van der Waals surface area contributed by atoms with E-state index in [9.17, 15) is 9.59 Å². The molecule has 0 unspecified atom stereocenters. The molecule has 2 aromatic rings. The number of carbonyl (C=O) groups is 2. The second kappa shape index (κ2) is 8.21. The van der Waals surface area contributed by atoms with Gasteiger partial charge in [-0.15, -0.1) is 0 Å². The second-order valence-electron chi connectivity index (χ2n) is 7.51. The Morgan fingerprint density at radius 2 is 1.56 bits per heavy atom. The predicted octanol–water partition coefficient (Wildman–Crippen LogP) is 5.35. The highest BCUT2D eigenvalue weighted by atomic mass is 16.5. The Bertz CT molecular complexity index is 855. The van der Waals surface area contributed by atoms with Crippen molar-refractivity contribution in [3.63, 3.8) is 0 Å². The summed E-state index contributed by atoms with van der Waals surface area (Å²) in [6.45, 7) is 12.7. The topological polar surface area (TPSA) is 52.6 Å². The van der Waals surface area contributed by atoms with Crippen LogP contribution in [-0.2, 0) is 16.0 Å². The zero-order valence-electron chi connectivity index (χ0n) is 16.6. The van der Waals surface area contributed by atoms with Gasteiger partial charge in [-0.25, -0.2) is 4.79 Å².